The molecule has 3 rings (SSSR count). The van der Waals surface area contributed by atoms with Crippen molar-refractivity contribution in [2.75, 3.05) is 10.2 Å². The van der Waals surface area contributed by atoms with E-state index in [1.165, 1.54) is 41.4 Å². The second-order valence-electron chi connectivity index (χ2n) is 6.50. The van der Waals surface area contributed by atoms with Crippen molar-refractivity contribution in [3.8, 4) is 0 Å². The number of aromatic nitrogens is 1. The number of amides is 2. The molecule has 7 heteroatoms. The van der Waals surface area contributed by atoms with Crippen LogP contribution in [0.1, 0.15) is 23.7 Å². The third-order valence-electron chi connectivity index (χ3n) is 4.17. The van der Waals surface area contributed by atoms with Crippen LogP contribution in [0.5, 0.6) is 0 Å². The van der Waals surface area contributed by atoms with Crippen LogP contribution < -0.4 is 10.2 Å². The number of halogens is 1. The van der Waals surface area contributed by atoms with Crippen LogP contribution in [0.2, 0.25) is 0 Å². The van der Waals surface area contributed by atoms with Crippen LogP contribution in [-0.2, 0) is 9.59 Å². The maximum Gasteiger partial charge on any atom is 0.248 e. The number of thiazole rings is 1. The third kappa shape index (κ3) is 4.94. The van der Waals surface area contributed by atoms with Gasteiger partial charge in [-0.2, -0.15) is 0 Å². The van der Waals surface area contributed by atoms with Crippen LogP contribution in [0.4, 0.5) is 20.9 Å². The normalized spacial score (nSPS) is 10.9. The summed E-state index contributed by atoms with van der Waals surface area (Å²) in [4.78, 5) is 29.9. The van der Waals surface area contributed by atoms with Gasteiger partial charge in [-0.15, -0.1) is 11.3 Å². The molecule has 0 bridgehead atoms. The molecule has 0 aliphatic rings. The Balaban J connectivity index is 1.77. The van der Waals surface area contributed by atoms with Crippen molar-refractivity contribution >= 4 is 45.7 Å². The fourth-order valence-corrected chi connectivity index (χ4v) is 3.55. The van der Waals surface area contributed by atoms with E-state index < -0.39 is 5.82 Å². The van der Waals surface area contributed by atoms with Crippen LogP contribution in [0.25, 0.3) is 6.08 Å². The average Bonchev–Trinajstić information content (AvgIpc) is 3.13. The summed E-state index contributed by atoms with van der Waals surface area (Å²) in [5.74, 6) is -1.15. The Morgan fingerprint density at radius 2 is 1.93 bits per heavy atom. The van der Waals surface area contributed by atoms with Gasteiger partial charge in [0.2, 0.25) is 11.8 Å². The van der Waals surface area contributed by atoms with E-state index in [1.54, 1.807) is 23.6 Å². The summed E-state index contributed by atoms with van der Waals surface area (Å²) in [6.07, 6.45) is 2.93. The van der Waals surface area contributed by atoms with Gasteiger partial charge in [-0.1, -0.05) is 24.3 Å². The Morgan fingerprint density at radius 1 is 1.17 bits per heavy atom. The van der Waals surface area contributed by atoms with Gasteiger partial charge in [0.1, 0.15) is 5.82 Å². The molecule has 0 atom stereocenters. The molecule has 148 valence electrons. The summed E-state index contributed by atoms with van der Waals surface area (Å²) in [5.41, 5.74) is 3.41. The summed E-state index contributed by atoms with van der Waals surface area (Å²) in [7, 11) is 0. The Labute approximate surface area is 172 Å². The van der Waals surface area contributed by atoms with Crippen molar-refractivity contribution < 1.29 is 14.0 Å². The van der Waals surface area contributed by atoms with Gasteiger partial charge in [0.15, 0.2) is 5.13 Å². The Bertz CT molecular complexity index is 1090. The summed E-state index contributed by atoms with van der Waals surface area (Å²) >= 11 is 1.19. The number of para-hydroxylation sites is 1. The lowest BCUT2D eigenvalue weighted by Gasteiger charge is -2.18. The van der Waals surface area contributed by atoms with Gasteiger partial charge in [-0.3, -0.25) is 14.5 Å². The number of anilines is 3. The SMILES string of the molecule is CC(=O)N(c1nc(/C=C/C(=O)Nc2cc(C)ccc2C)cs1)c1ccccc1F. The summed E-state index contributed by atoms with van der Waals surface area (Å²) in [6.45, 7) is 5.23. The molecule has 1 aromatic heterocycles. The van der Waals surface area contributed by atoms with Crippen molar-refractivity contribution in [2.45, 2.75) is 20.8 Å². The molecule has 2 aromatic carbocycles. The first kappa shape index (κ1) is 20.4. The maximum atomic E-state index is 14.1. The van der Waals surface area contributed by atoms with Crippen LogP contribution >= 0.6 is 11.3 Å². The van der Waals surface area contributed by atoms with Gasteiger partial charge in [0, 0.05) is 24.1 Å². The first-order valence-corrected chi connectivity index (χ1v) is 9.80. The Kier molecular flexibility index (Phi) is 6.19. The Hall–Kier alpha value is -3.32. The zero-order valence-electron chi connectivity index (χ0n) is 16.3. The second-order valence-corrected chi connectivity index (χ2v) is 7.34. The van der Waals surface area contributed by atoms with E-state index in [-0.39, 0.29) is 17.5 Å². The van der Waals surface area contributed by atoms with Crippen LogP contribution in [0.3, 0.4) is 0 Å². The lowest BCUT2D eigenvalue weighted by atomic mass is 10.1. The minimum absolute atomic E-state index is 0.137. The van der Waals surface area contributed by atoms with Crippen molar-refractivity contribution in [3.05, 3.63) is 76.6 Å². The van der Waals surface area contributed by atoms with Gasteiger partial charge in [0.05, 0.1) is 11.4 Å². The van der Waals surface area contributed by atoms with Crippen molar-refractivity contribution in [1.82, 2.24) is 4.98 Å². The number of carbonyl (C=O) groups excluding carboxylic acids is 2. The molecular formula is C22H20FN3O2S. The number of carbonyl (C=O) groups is 2. The van der Waals surface area contributed by atoms with Crippen LogP contribution in [0.15, 0.2) is 53.9 Å². The molecule has 0 saturated heterocycles. The van der Waals surface area contributed by atoms with Gasteiger partial charge < -0.3 is 5.32 Å². The monoisotopic (exact) mass is 409 g/mol. The molecule has 5 nitrogen and oxygen atoms in total. The fraction of sp³-hybridized carbons (Fsp3) is 0.136. The van der Waals surface area contributed by atoms with E-state index >= 15 is 0 Å². The first-order valence-electron chi connectivity index (χ1n) is 8.92. The molecule has 0 radical (unpaired) electrons. The molecule has 0 saturated carbocycles. The number of benzene rings is 2. The average molecular weight is 409 g/mol. The third-order valence-corrected chi connectivity index (χ3v) is 5.01. The zero-order valence-corrected chi connectivity index (χ0v) is 17.1. The number of nitrogens with zero attached hydrogens (tertiary/aromatic N) is 2. The second kappa shape index (κ2) is 8.79. The number of hydrogen-bond acceptors (Lipinski definition) is 4. The summed E-state index contributed by atoms with van der Waals surface area (Å²) in [6, 6.07) is 11.8. The van der Waals surface area contributed by atoms with Crippen molar-refractivity contribution in [1.29, 1.82) is 0 Å². The number of aryl methyl sites for hydroxylation is 2. The highest BCUT2D eigenvalue weighted by Gasteiger charge is 2.20. The van der Waals surface area contributed by atoms with Crippen LogP contribution in [-0.4, -0.2) is 16.8 Å². The largest absolute Gasteiger partial charge is 0.322 e. The fourth-order valence-electron chi connectivity index (χ4n) is 2.70. The van der Waals surface area contributed by atoms with E-state index in [4.69, 9.17) is 0 Å². The molecule has 3 aromatic rings. The summed E-state index contributed by atoms with van der Waals surface area (Å²) < 4.78 is 14.1. The molecule has 0 unspecified atom stereocenters. The molecule has 0 aliphatic carbocycles. The van der Waals surface area contributed by atoms with Gasteiger partial charge in [-0.05, 0) is 49.2 Å². The predicted octanol–water partition coefficient (Wildman–Crippen LogP) is 5.24. The lowest BCUT2D eigenvalue weighted by molar-refractivity contribution is -0.116. The predicted molar refractivity (Wildman–Crippen MR) is 115 cm³/mol. The lowest BCUT2D eigenvalue weighted by Crippen LogP contribution is -2.23. The Morgan fingerprint density at radius 3 is 2.66 bits per heavy atom. The van der Waals surface area contributed by atoms with Gasteiger partial charge in [-0.25, -0.2) is 9.37 Å². The van der Waals surface area contributed by atoms with E-state index in [9.17, 15) is 14.0 Å². The molecule has 1 heterocycles. The van der Waals surface area contributed by atoms with Crippen LogP contribution in [0, 0.1) is 19.7 Å². The number of nitrogens with one attached hydrogen (secondary N) is 1. The molecule has 1 N–H and O–H groups in total. The number of rotatable bonds is 5. The molecular weight excluding hydrogens is 389 g/mol. The highest BCUT2D eigenvalue weighted by Crippen LogP contribution is 2.31. The van der Waals surface area contributed by atoms with E-state index in [0.717, 1.165) is 16.8 Å². The summed E-state index contributed by atoms with van der Waals surface area (Å²) in [5, 5.41) is 4.87. The topological polar surface area (TPSA) is 62.3 Å². The molecule has 0 aliphatic heterocycles. The van der Waals surface area contributed by atoms with E-state index in [2.05, 4.69) is 10.3 Å². The highest BCUT2D eigenvalue weighted by molar-refractivity contribution is 7.14. The number of hydrogen-bond donors (Lipinski definition) is 1. The zero-order chi connectivity index (χ0) is 21.0. The molecule has 29 heavy (non-hydrogen) atoms. The minimum Gasteiger partial charge on any atom is -0.322 e. The van der Waals surface area contributed by atoms with E-state index in [0.29, 0.717) is 10.8 Å². The first-order chi connectivity index (χ1) is 13.8. The quantitative estimate of drug-likeness (QED) is 0.587. The van der Waals surface area contributed by atoms with Crippen molar-refractivity contribution in [2.24, 2.45) is 0 Å². The molecule has 0 spiro atoms. The maximum absolute atomic E-state index is 14.1. The standard InChI is InChI=1S/C22H20FN3O2S/c1-14-8-9-15(2)19(12-14)25-21(28)11-10-17-13-29-22(24-17)26(16(3)27)20-7-5-4-6-18(20)23/h4-13H,1-3H3,(H,25,28)/b11-10+. The van der Waals surface area contributed by atoms with Gasteiger partial charge >= 0.3 is 0 Å². The van der Waals surface area contributed by atoms with E-state index in [1.807, 2.05) is 32.0 Å². The highest BCUT2D eigenvalue weighted by atomic mass is 32.1. The van der Waals surface area contributed by atoms with Crippen molar-refractivity contribution in [3.63, 3.8) is 0 Å². The molecule has 0 fully saturated rings. The molecule has 2 amide bonds. The van der Waals surface area contributed by atoms with Gasteiger partial charge in [0.25, 0.3) is 0 Å². The minimum atomic E-state index is -0.511. The smallest absolute Gasteiger partial charge is 0.248 e.